The Balaban J connectivity index is 1.13. The van der Waals surface area contributed by atoms with Crippen LogP contribution in [0.4, 0.5) is 0 Å². The molecule has 0 saturated carbocycles. The lowest BCUT2D eigenvalue weighted by atomic mass is 9.90. The molecule has 1 saturated heterocycles. The van der Waals surface area contributed by atoms with E-state index in [-0.39, 0.29) is 0 Å². The monoisotopic (exact) mass is 376 g/mol. The smallest absolute Gasteiger partial charge is 0.231 e. The van der Waals surface area contributed by atoms with E-state index in [0.717, 1.165) is 24.5 Å². The molecule has 4 heteroatoms. The lowest BCUT2D eigenvalue weighted by molar-refractivity contribution is 0.173. The van der Waals surface area contributed by atoms with Gasteiger partial charge in [0, 0.05) is 23.6 Å². The van der Waals surface area contributed by atoms with Gasteiger partial charge < -0.3 is 19.4 Å². The number of fused-ring (bicyclic) bond motifs is 2. The van der Waals surface area contributed by atoms with Gasteiger partial charge in [-0.25, -0.2) is 0 Å². The maximum Gasteiger partial charge on any atom is 0.231 e. The molecule has 0 radical (unpaired) electrons. The number of nitrogens with one attached hydrogen (secondary N) is 1. The summed E-state index contributed by atoms with van der Waals surface area (Å²) < 4.78 is 11.0. The molecule has 1 fully saturated rings. The van der Waals surface area contributed by atoms with Gasteiger partial charge in [-0.05, 0) is 80.4 Å². The third kappa shape index (κ3) is 3.61. The summed E-state index contributed by atoms with van der Waals surface area (Å²) in [5, 5.41) is 1.38. The SMILES string of the molecule is c1ccc2c(CCCCN3CCCC(c4ccc5c(c4)OCO5)C3)c[nH]c2c1. The maximum atomic E-state index is 5.56. The summed E-state index contributed by atoms with van der Waals surface area (Å²) in [6, 6.07) is 15.1. The Labute approximate surface area is 166 Å². The van der Waals surface area contributed by atoms with Gasteiger partial charge in [0.15, 0.2) is 11.5 Å². The highest BCUT2D eigenvalue weighted by molar-refractivity contribution is 5.82. The maximum absolute atomic E-state index is 5.56. The minimum atomic E-state index is 0.353. The van der Waals surface area contributed by atoms with E-state index in [9.17, 15) is 0 Å². The first-order chi connectivity index (χ1) is 13.9. The Hall–Kier alpha value is -2.46. The molecule has 3 aromatic rings. The minimum absolute atomic E-state index is 0.353. The first-order valence-electron chi connectivity index (χ1n) is 10.5. The lowest BCUT2D eigenvalue weighted by Gasteiger charge is -2.33. The van der Waals surface area contributed by atoms with Gasteiger partial charge in [0.25, 0.3) is 0 Å². The first-order valence-corrected chi connectivity index (χ1v) is 10.5. The number of ether oxygens (including phenoxy) is 2. The number of hydrogen-bond donors (Lipinski definition) is 1. The van der Waals surface area contributed by atoms with Crippen molar-refractivity contribution in [1.82, 2.24) is 9.88 Å². The summed E-state index contributed by atoms with van der Waals surface area (Å²) >= 11 is 0. The second-order valence-corrected chi connectivity index (χ2v) is 8.07. The Bertz CT molecular complexity index is 949. The van der Waals surface area contributed by atoms with E-state index >= 15 is 0 Å². The summed E-state index contributed by atoms with van der Waals surface area (Å²) in [6.45, 7) is 3.94. The van der Waals surface area contributed by atoms with Crippen molar-refractivity contribution in [3.63, 3.8) is 0 Å². The van der Waals surface area contributed by atoms with Crippen molar-refractivity contribution in [2.45, 2.75) is 38.0 Å². The Morgan fingerprint density at radius 2 is 1.96 bits per heavy atom. The fourth-order valence-corrected chi connectivity index (χ4v) is 4.69. The van der Waals surface area contributed by atoms with Crippen molar-refractivity contribution < 1.29 is 9.47 Å². The van der Waals surface area contributed by atoms with Crippen molar-refractivity contribution in [2.24, 2.45) is 0 Å². The molecule has 28 heavy (non-hydrogen) atoms. The second kappa shape index (κ2) is 7.88. The lowest BCUT2D eigenvalue weighted by Crippen LogP contribution is -2.35. The van der Waals surface area contributed by atoms with Crippen LogP contribution in [0.25, 0.3) is 10.9 Å². The molecule has 0 amide bonds. The summed E-state index contributed by atoms with van der Waals surface area (Å²) in [5.41, 5.74) is 4.10. The van der Waals surface area contributed by atoms with Crippen LogP contribution in [0.2, 0.25) is 0 Å². The van der Waals surface area contributed by atoms with Crippen molar-refractivity contribution in [3.05, 3.63) is 59.8 Å². The van der Waals surface area contributed by atoms with E-state index < -0.39 is 0 Å². The number of nitrogens with zero attached hydrogens (tertiary/aromatic N) is 1. The van der Waals surface area contributed by atoms with E-state index in [1.807, 2.05) is 0 Å². The van der Waals surface area contributed by atoms with Crippen LogP contribution in [0, 0.1) is 0 Å². The van der Waals surface area contributed by atoms with Crippen LogP contribution in [-0.4, -0.2) is 36.3 Å². The Kier molecular flexibility index (Phi) is 4.96. The third-order valence-corrected chi connectivity index (χ3v) is 6.22. The zero-order valence-electron chi connectivity index (χ0n) is 16.3. The quantitative estimate of drug-likeness (QED) is 0.608. The van der Waals surface area contributed by atoms with Crippen LogP contribution in [0.15, 0.2) is 48.7 Å². The van der Waals surface area contributed by atoms with E-state index in [4.69, 9.17) is 9.47 Å². The van der Waals surface area contributed by atoms with Gasteiger partial charge in [-0.15, -0.1) is 0 Å². The van der Waals surface area contributed by atoms with Gasteiger partial charge in [-0.2, -0.15) is 0 Å². The first kappa shape index (κ1) is 17.6. The van der Waals surface area contributed by atoms with Gasteiger partial charge >= 0.3 is 0 Å². The predicted molar refractivity (Wildman–Crippen MR) is 112 cm³/mol. The van der Waals surface area contributed by atoms with Crippen LogP contribution in [0.5, 0.6) is 11.5 Å². The van der Waals surface area contributed by atoms with E-state index in [2.05, 4.69) is 58.5 Å². The number of unbranched alkanes of at least 4 members (excludes halogenated alkanes) is 1. The molecule has 1 atom stereocenters. The van der Waals surface area contributed by atoms with E-state index in [1.165, 1.54) is 60.8 Å². The van der Waals surface area contributed by atoms with Crippen LogP contribution in [0.1, 0.15) is 42.7 Å². The number of aromatic amines is 1. The summed E-state index contributed by atoms with van der Waals surface area (Å²) in [7, 11) is 0. The normalized spacial score (nSPS) is 19.4. The molecule has 2 aromatic carbocycles. The molecule has 0 spiro atoms. The number of rotatable bonds is 6. The molecule has 3 heterocycles. The second-order valence-electron chi connectivity index (χ2n) is 8.07. The number of benzene rings is 2. The van der Waals surface area contributed by atoms with Crippen molar-refractivity contribution in [1.29, 1.82) is 0 Å². The molecular weight excluding hydrogens is 348 g/mol. The molecule has 2 aliphatic rings. The summed E-state index contributed by atoms with van der Waals surface area (Å²) in [5.74, 6) is 2.40. The Morgan fingerprint density at radius 1 is 1.04 bits per heavy atom. The number of H-pyrrole nitrogens is 1. The molecule has 1 N–H and O–H groups in total. The highest BCUT2D eigenvalue weighted by Crippen LogP contribution is 2.37. The highest BCUT2D eigenvalue weighted by atomic mass is 16.7. The molecule has 5 rings (SSSR count). The predicted octanol–water partition coefficient (Wildman–Crippen LogP) is 5.10. The molecule has 2 aliphatic heterocycles. The Morgan fingerprint density at radius 3 is 2.96 bits per heavy atom. The van der Waals surface area contributed by atoms with Crippen molar-refractivity contribution >= 4 is 10.9 Å². The average molecular weight is 377 g/mol. The molecule has 1 unspecified atom stereocenters. The highest BCUT2D eigenvalue weighted by Gasteiger charge is 2.23. The molecule has 1 aromatic heterocycles. The van der Waals surface area contributed by atoms with Crippen molar-refractivity contribution in [2.75, 3.05) is 26.4 Å². The zero-order valence-corrected chi connectivity index (χ0v) is 16.3. The fraction of sp³-hybridized carbons (Fsp3) is 0.417. The van der Waals surface area contributed by atoms with Gasteiger partial charge in [-0.1, -0.05) is 24.3 Å². The van der Waals surface area contributed by atoms with Crippen molar-refractivity contribution in [3.8, 4) is 11.5 Å². The third-order valence-electron chi connectivity index (χ3n) is 6.22. The molecule has 0 bridgehead atoms. The van der Waals surface area contributed by atoms with E-state index in [1.54, 1.807) is 0 Å². The summed E-state index contributed by atoms with van der Waals surface area (Å²) in [4.78, 5) is 6.04. The number of para-hydroxylation sites is 1. The van der Waals surface area contributed by atoms with Gasteiger partial charge in [0.05, 0.1) is 0 Å². The van der Waals surface area contributed by atoms with Gasteiger partial charge in [0.2, 0.25) is 6.79 Å². The molecular formula is C24H28N2O2. The van der Waals surface area contributed by atoms with Crippen LogP contribution >= 0.6 is 0 Å². The number of likely N-dealkylation sites (tertiary alicyclic amines) is 1. The van der Waals surface area contributed by atoms with Gasteiger partial charge in [0.1, 0.15) is 0 Å². The molecule has 0 aliphatic carbocycles. The van der Waals surface area contributed by atoms with Crippen LogP contribution in [-0.2, 0) is 6.42 Å². The zero-order chi connectivity index (χ0) is 18.8. The topological polar surface area (TPSA) is 37.5 Å². The van der Waals surface area contributed by atoms with E-state index in [0.29, 0.717) is 12.7 Å². The van der Waals surface area contributed by atoms with Crippen LogP contribution < -0.4 is 9.47 Å². The van der Waals surface area contributed by atoms with Gasteiger partial charge in [-0.3, -0.25) is 0 Å². The summed E-state index contributed by atoms with van der Waals surface area (Å²) in [6.07, 6.45) is 8.39. The minimum Gasteiger partial charge on any atom is -0.454 e. The average Bonchev–Trinajstić information content (AvgIpc) is 3.38. The fourth-order valence-electron chi connectivity index (χ4n) is 4.69. The standard InChI is InChI=1S/C24H28N2O2/c1-2-9-22-21(8-1)19(15-25-22)6-3-4-12-26-13-5-7-20(16-26)18-10-11-23-24(14-18)28-17-27-23/h1-2,8-11,14-15,20,25H,3-7,12-13,16-17H2. The number of hydrogen-bond acceptors (Lipinski definition) is 3. The molecule has 4 nitrogen and oxygen atoms in total. The largest absolute Gasteiger partial charge is 0.454 e. The number of aromatic nitrogens is 1. The number of aryl methyl sites for hydroxylation is 1. The number of piperidine rings is 1. The molecule has 146 valence electrons. The van der Waals surface area contributed by atoms with Crippen LogP contribution in [0.3, 0.4) is 0 Å².